The molecule has 182 valence electrons. The molecule has 0 atom stereocenters. The van der Waals surface area contributed by atoms with Gasteiger partial charge in [-0.05, 0) is 68.8 Å². The van der Waals surface area contributed by atoms with E-state index < -0.39 is 0 Å². The van der Waals surface area contributed by atoms with E-state index in [0.29, 0.717) is 21.5 Å². The molecule has 0 aliphatic carbocycles. The van der Waals surface area contributed by atoms with Gasteiger partial charge in [0.05, 0.1) is 21.1 Å². The van der Waals surface area contributed by atoms with Crippen LogP contribution in [0.5, 0.6) is 17.2 Å². The number of halogens is 2. The fraction of sp³-hybridized carbons (Fsp3) is 0.321. The van der Waals surface area contributed by atoms with Crippen LogP contribution < -0.4 is 14.8 Å². The molecular weight excluding hydrogens is 481 g/mol. The number of nitrogens with zero attached hydrogens (tertiary/aromatic N) is 2. The van der Waals surface area contributed by atoms with E-state index in [-0.39, 0.29) is 6.10 Å². The average molecular weight is 510 g/mol. The molecule has 7 heteroatoms. The molecule has 1 aliphatic rings. The van der Waals surface area contributed by atoms with Crippen molar-refractivity contribution in [2.45, 2.75) is 45.3 Å². The molecule has 35 heavy (non-hydrogen) atoms. The summed E-state index contributed by atoms with van der Waals surface area (Å²) in [6.07, 6.45) is 4.49. The molecule has 0 bridgehead atoms. The summed E-state index contributed by atoms with van der Waals surface area (Å²) < 4.78 is 14.7. The topological polar surface area (TPSA) is 48.3 Å². The normalized spacial score (nSPS) is 14.4. The van der Waals surface area contributed by atoms with Crippen LogP contribution in [0.25, 0.3) is 22.4 Å². The zero-order valence-corrected chi connectivity index (χ0v) is 21.3. The summed E-state index contributed by atoms with van der Waals surface area (Å²) >= 11 is 12.2. The maximum absolute atomic E-state index is 6.32. The highest BCUT2D eigenvalue weighted by molar-refractivity contribution is 6.42. The van der Waals surface area contributed by atoms with E-state index in [0.717, 1.165) is 73.5 Å². The monoisotopic (exact) mass is 509 g/mol. The second-order valence-corrected chi connectivity index (χ2v) is 9.68. The maximum Gasteiger partial charge on any atom is 0.141 e. The van der Waals surface area contributed by atoms with Crippen LogP contribution in [-0.2, 0) is 6.54 Å². The van der Waals surface area contributed by atoms with Crippen LogP contribution in [0.4, 0.5) is 0 Å². The molecule has 2 heterocycles. The molecule has 1 aliphatic heterocycles. The average Bonchev–Trinajstić information content (AvgIpc) is 3.23. The third-order valence-corrected chi connectivity index (χ3v) is 7.00. The van der Waals surface area contributed by atoms with Crippen molar-refractivity contribution >= 4 is 34.2 Å². The summed E-state index contributed by atoms with van der Waals surface area (Å²) in [7, 11) is 0. The zero-order chi connectivity index (χ0) is 24.2. The number of nitrogens with one attached hydrogen (secondary N) is 1. The van der Waals surface area contributed by atoms with Gasteiger partial charge in [-0.3, -0.25) is 0 Å². The van der Waals surface area contributed by atoms with Crippen LogP contribution in [0, 0.1) is 0 Å². The van der Waals surface area contributed by atoms with Crippen molar-refractivity contribution in [3.05, 3.63) is 70.7 Å². The minimum absolute atomic E-state index is 0.260. The quantitative estimate of drug-likeness (QED) is 0.264. The van der Waals surface area contributed by atoms with Crippen LogP contribution in [0.1, 0.15) is 32.6 Å². The number of piperidine rings is 1. The van der Waals surface area contributed by atoms with Crippen molar-refractivity contribution in [3.63, 3.8) is 0 Å². The Labute approximate surface area is 216 Å². The second-order valence-electron chi connectivity index (χ2n) is 8.86. The molecule has 5 rings (SSSR count). The summed E-state index contributed by atoms with van der Waals surface area (Å²) in [5, 5.41) is 4.36. The lowest BCUT2D eigenvalue weighted by molar-refractivity contribution is 0.162. The van der Waals surface area contributed by atoms with Crippen molar-refractivity contribution in [1.29, 1.82) is 0 Å². The first-order chi connectivity index (χ1) is 17.1. The largest absolute Gasteiger partial charge is 0.490 e. The molecule has 1 aromatic heterocycles. The zero-order valence-electron chi connectivity index (χ0n) is 19.8. The van der Waals surface area contributed by atoms with E-state index in [1.807, 2.05) is 24.3 Å². The molecule has 0 unspecified atom stereocenters. The number of imidazole rings is 1. The van der Waals surface area contributed by atoms with Gasteiger partial charge in [0.25, 0.3) is 0 Å². The van der Waals surface area contributed by atoms with Gasteiger partial charge in [-0.25, -0.2) is 4.98 Å². The Morgan fingerprint density at radius 2 is 1.74 bits per heavy atom. The minimum Gasteiger partial charge on any atom is -0.490 e. The first kappa shape index (κ1) is 24.0. The minimum atomic E-state index is 0.260. The Bertz CT molecular complexity index is 1320. The maximum atomic E-state index is 6.32. The third kappa shape index (κ3) is 5.58. The fourth-order valence-corrected chi connectivity index (χ4v) is 4.71. The number of aryl methyl sites for hydroxylation is 1. The van der Waals surface area contributed by atoms with Gasteiger partial charge in [0.15, 0.2) is 0 Å². The molecule has 1 N–H and O–H groups in total. The highest BCUT2D eigenvalue weighted by Crippen LogP contribution is 2.33. The number of unbranched alkanes of at least 4 members (excludes halogenated alkanes) is 1. The lowest BCUT2D eigenvalue weighted by atomic mass is 10.1. The second kappa shape index (κ2) is 10.9. The Hall–Kier alpha value is -2.73. The van der Waals surface area contributed by atoms with E-state index in [1.165, 1.54) is 0 Å². The number of hydrogen-bond acceptors (Lipinski definition) is 4. The predicted octanol–water partition coefficient (Wildman–Crippen LogP) is 7.73. The predicted molar refractivity (Wildman–Crippen MR) is 143 cm³/mol. The van der Waals surface area contributed by atoms with E-state index in [2.05, 4.69) is 35.0 Å². The molecule has 3 aromatic carbocycles. The molecule has 4 aromatic rings. The SMILES string of the molecule is CCCCn1c(-c2cccc(Oc3ccc(Cl)c(Cl)c3)c2)nc2ccc(OC3CCNCC3)cc21. The van der Waals surface area contributed by atoms with Crippen LogP contribution in [-0.4, -0.2) is 28.7 Å². The summed E-state index contributed by atoms with van der Waals surface area (Å²) in [5.41, 5.74) is 3.05. The van der Waals surface area contributed by atoms with Gasteiger partial charge in [0, 0.05) is 24.2 Å². The lowest BCUT2D eigenvalue weighted by Gasteiger charge is -2.23. The summed E-state index contributed by atoms with van der Waals surface area (Å²) in [5.74, 6) is 3.18. The van der Waals surface area contributed by atoms with Gasteiger partial charge in [-0.2, -0.15) is 0 Å². The van der Waals surface area contributed by atoms with Crippen molar-refractivity contribution in [2.75, 3.05) is 13.1 Å². The number of benzene rings is 3. The van der Waals surface area contributed by atoms with E-state index in [4.69, 9.17) is 37.7 Å². The third-order valence-electron chi connectivity index (χ3n) is 6.26. The number of aromatic nitrogens is 2. The fourth-order valence-electron chi connectivity index (χ4n) is 4.42. The Morgan fingerprint density at radius 3 is 2.54 bits per heavy atom. The van der Waals surface area contributed by atoms with Crippen LogP contribution >= 0.6 is 23.2 Å². The first-order valence-electron chi connectivity index (χ1n) is 12.2. The van der Waals surface area contributed by atoms with Crippen molar-refractivity contribution in [3.8, 4) is 28.6 Å². The molecular formula is C28H29Cl2N3O2. The molecule has 0 spiro atoms. The van der Waals surface area contributed by atoms with E-state index in [9.17, 15) is 0 Å². The van der Waals surface area contributed by atoms with Gasteiger partial charge < -0.3 is 19.4 Å². The molecule has 1 saturated heterocycles. The van der Waals surface area contributed by atoms with Gasteiger partial charge >= 0.3 is 0 Å². The smallest absolute Gasteiger partial charge is 0.141 e. The highest BCUT2D eigenvalue weighted by atomic mass is 35.5. The van der Waals surface area contributed by atoms with Crippen molar-refractivity contribution in [1.82, 2.24) is 14.9 Å². The standard InChI is InChI=1S/C28H29Cl2N3O2/c1-2-3-15-33-27-18-23(34-20-11-13-31-14-12-20)8-10-26(27)32-28(33)19-5-4-6-21(16-19)35-22-7-9-24(29)25(30)17-22/h4-10,16-18,20,31H,2-3,11-15H2,1H3. The Morgan fingerprint density at radius 1 is 0.943 bits per heavy atom. The van der Waals surface area contributed by atoms with Crippen LogP contribution in [0.15, 0.2) is 60.7 Å². The summed E-state index contributed by atoms with van der Waals surface area (Å²) in [6, 6.07) is 19.5. The number of rotatable bonds is 8. The number of hydrogen-bond donors (Lipinski definition) is 1. The van der Waals surface area contributed by atoms with Gasteiger partial charge in [-0.15, -0.1) is 0 Å². The summed E-state index contributed by atoms with van der Waals surface area (Å²) in [4.78, 5) is 5.00. The van der Waals surface area contributed by atoms with Crippen molar-refractivity contribution < 1.29 is 9.47 Å². The number of ether oxygens (including phenoxy) is 2. The first-order valence-corrected chi connectivity index (χ1v) is 13.0. The highest BCUT2D eigenvalue weighted by Gasteiger charge is 2.17. The Kier molecular flexibility index (Phi) is 7.47. The summed E-state index contributed by atoms with van der Waals surface area (Å²) in [6.45, 7) is 5.10. The molecule has 0 amide bonds. The molecule has 1 fully saturated rings. The van der Waals surface area contributed by atoms with Crippen LogP contribution in [0.2, 0.25) is 10.0 Å². The van der Waals surface area contributed by atoms with Gasteiger partial charge in [0.2, 0.25) is 0 Å². The van der Waals surface area contributed by atoms with Crippen molar-refractivity contribution in [2.24, 2.45) is 0 Å². The van der Waals surface area contributed by atoms with E-state index in [1.54, 1.807) is 18.2 Å². The van der Waals surface area contributed by atoms with Crippen LogP contribution in [0.3, 0.4) is 0 Å². The molecule has 5 nitrogen and oxygen atoms in total. The molecule has 0 saturated carbocycles. The molecule has 0 radical (unpaired) electrons. The van der Waals surface area contributed by atoms with Gasteiger partial charge in [-0.1, -0.05) is 48.7 Å². The lowest BCUT2D eigenvalue weighted by Crippen LogP contribution is -2.34. The Balaban J connectivity index is 1.47. The van der Waals surface area contributed by atoms with E-state index >= 15 is 0 Å². The van der Waals surface area contributed by atoms with Gasteiger partial charge in [0.1, 0.15) is 29.2 Å². The number of fused-ring (bicyclic) bond motifs is 1.